The predicted molar refractivity (Wildman–Crippen MR) is 121 cm³/mol. The minimum atomic E-state index is -0.464. The first-order valence-electron chi connectivity index (χ1n) is 10.7. The Labute approximate surface area is 184 Å². The highest BCUT2D eigenvalue weighted by atomic mass is 19.1. The minimum absolute atomic E-state index is 0.255. The van der Waals surface area contributed by atoms with Gasteiger partial charge in [0.1, 0.15) is 11.6 Å². The summed E-state index contributed by atoms with van der Waals surface area (Å²) in [6.45, 7) is 3.16. The van der Waals surface area contributed by atoms with E-state index < -0.39 is 11.7 Å². The molecule has 3 aromatic heterocycles. The smallest absolute Gasteiger partial charge is 0.277 e. The van der Waals surface area contributed by atoms with Gasteiger partial charge in [0.15, 0.2) is 5.69 Å². The zero-order valence-electron chi connectivity index (χ0n) is 17.5. The van der Waals surface area contributed by atoms with E-state index >= 15 is 0 Å². The quantitative estimate of drug-likeness (QED) is 0.490. The molecule has 0 spiro atoms. The molecular formula is C24H23FN6O. The Morgan fingerprint density at radius 3 is 2.72 bits per heavy atom. The van der Waals surface area contributed by atoms with Gasteiger partial charge in [0, 0.05) is 29.9 Å². The van der Waals surface area contributed by atoms with Gasteiger partial charge in [0.2, 0.25) is 0 Å². The summed E-state index contributed by atoms with van der Waals surface area (Å²) < 4.78 is 13.1. The summed E-state index contributed by atoms with van der Waals surface area (Å²) in [5.41, 5.74) is 4.14. The van der Waals surface area contributed by atoms with E-state index in [2.05, 4.69) is 36.4 Å². The van der Waals surface area contributed by atoms with Crippen molar-refractivity contribution < 1.29 is 9.18 Å². The highest BCUT2D eigenvalue weighted by Gasteiger charge is 2.16. The summed E-state index contributed by atoms with van der Waals surface area (Å²) in [7, 11) is 0. The fourth-order valence-electron chi connectivity index (χ4n) is 4.10. The first kappa shape index (κ1) is 20.3. The first-order chi connectivity index (χ1) is 15.7. The zero-order valence-corrected chi connectivity index (χ0v) is 17.5. The number of anilines is 1. The number of hydrogen-bond acceptors (Lipinski definition) is 5. The van der Waals surface area contributed by atoms with Gasteiger partial charge in [-0.25, -0.2) is 9.37 Å². The van der Waals surface area contributed by atoms with E-state index in [0.29, 0.717) is 5.39 Å². The summed E-state index contributed by atoms with van der Waals surface area (Å²) >= 11 is 0. The first-order valence-corrected chi connectivity index (χ1v) is 10.7. The number of aromatic nitrogens is 4. The van der Waals surface area contributed by atoms with Gasteiger partial charge in [0.25, 0.3) is 5.91 Å². The topological polar surface area (TPSA) is 86.8 Å². The fourth-order valence-corrected chi connectivity index (χ4v) is 4.10. The SMILES string of the molecule is O=C(Nc1ccc(F)cn1)c1n[nH]c2ccc(-c3cncc(CN4CCCCC4)c3)cc12. The largest absolute Gasteiger partial charge is 0.305 e. The van der Waals surface area contributed by atoms with E-state index in [9.17, 15) is 9.18 Å². The zero-order chi connectivity index (χ0) is 21.9. The van der Waals surface area contributed by atoms with Crippen LogP contribution >= 0.6 is 0 Å². The molecule has 162 valence electrons. The molecule has 4 heterocycles. The fraction of sp³-hybridized carbons (Fsp3) is 0.250. The van der Waals surface area contributed by atoms with Crippen molar-refractivity contribution in [1.29, 1.82) is 0 Å². The van der Waals surface area contributed by atoms with Gasteiger partial charge in [-0.2, -0.15) is 5.10 Å². The van der Waals surface area contributed by atoms with Gasteiger partial charge < -0.3 is 5.32 Å². The van der Waals surface area contributed by atoms with Crippen LogP contribution in [-0.4, -0.2) is 44.1 Å². The van der Waals surface area contributed by atoms with Gasteiger partial charge in [-0.3, -0.25) is 19.8 Å². The Hall–Kier alpha value is -3.65. The maximum atomic E-state index is 13.1. The van der Waals surface area contributed by atoms with Gasteiger partial charge in [-0.15, -0.1) is 0 Å². The van der Waals surface area contributed by atoms with Crippen LogP contribution in [0.2, 0.25) is 0 Å². The lowest BCUT2D eigenvalue weighted by atomic mass is 10.0. The van der Waals surface area contributed by atoms with E-state index in [1.54, 1.807) is 0 Å². The lowest BCUT2D eigenvalue weighted by Crippen LogP contribution is -2.29. The summed E-state index contributed by atoms with van der Waals surface area (Å²) in [6, 6.07) is 10.6. The molecule has 1 fully saturated rings. The van der Waals surface area contributed by atoms with Gasteiger partial charge >= 0.3 is 0 Å². The highest BCUT2D eigenvalue weighted by Crippen LogP contribution is 2.26. The highest BCUT2D eigenvalue weighted by molar-refractivity contribution is 6.11. The number of amides is 1. The van der Waals surface area contributed by atoms with Crippen LogP contribution in [0.15, 0.2) is 55.0 Å². The van der Waals surface area contributed by atoms with Crippen molar-refractivity contribution in [3.63, 3.8) is 0 Å². The Morgan fingerprint density at radius 1 is 1.03 bits per heavy atom. The van der Waals surface area contributed by atoms with Crippen molar-refractivity contribution in [2.75, 3.05) is 18.4 Å². The predicted octanol–water partition coefficient (Wildman–Crippen LogP) is 4.40. The van der Waals surface area contributed by atoms with Crippen molar-refractivity contribution in [3.05, 3.63) is 72.1 Å². The molecular weight excluding hydrogens is 407 g/mol. The van der Waals surface area contributed by atoms with Crippen molar-refractivity contribution in [2.24, 2.45) is 0 Å². The van der Waals surface area contributed by atoms with E-state index in [0.717, 1.165) is 42.5 Å². The Balaban J connectivity index is 1.40. The molecule has 8 heteroatoms. The molecule has 1 aliphatic rings. The molecule has 0 bridgehead atoms. The normalized spacial score (nSPS) is 14.5. The van der Waals surface area contributed by atoms with Crippen LogP contribution < -0.4 is 5.32 Å². The summed E-state index contributed by atoms with van der Waals surface area (Å²) in [5.74, 6) is -0.614. The van der Waals surface area contributed by atoms with Crippen molar-refractivity contribution in [2.45, 2.75) is 25.8 Å². The molecule has 7 nitrogen and oxygen atoms in total. The molecule has 0 radical (unpaired) electrons. The third-order valence-corrected chi connectivity index (χ3v) is 5.73. The molecule has 1 aromatic carbocycles. The van der Waals surface area contributed by atoms with Gasteiger partial charge in [-0.05, 0) is 67.4 Å². The van der Waals surface area contributed by atoms with Crippen molar-refractivity contribution >= 4 is 22.6 Å². The van der Waals surface area contributed by atoms with E-state index in [4.69, 9.17) is 0 Å². The van der Waals surface area contributed by atoms with Crippen molar-refractivity contribution in [1.82, 2.24) is 25.1 Å². The number of likely N-dealkylation sites (tertiary alicyclic amines) is 1. The average Bonchev–Trinajstić information content (AvgIpc) is 3.25. The van der Waals surface area contributed by atoms with Crippen LogP contribution in [0.3, 0.4) is 0 Å². The molecule has 1 amide bonds. The number of H-pyrrole nitrogens is 1. The molecule has 0 aliphatic carbocycles. The number of hydrogen-bond donors (Lipinski definition) is 2. The summed E-state index contributed by atoms with van der Waals surface area (Å²) in [5, 5.41) is 10.4. The van der Waals surface area contributed by atoms with Crippen molar-refractivity contribution in [3.8, 4) is 11.1 Å². The number of carbonyl (C=O) groups excluding carboxylic acids is 1. The maximum absolute atomic E-state index is 13.1. The number of halogens is 1. The number of benzene rings is 1. The van der Waals surface area contributed by atoms with E-state index in [1.807, 2.05) is 30.6 Å². The van der Waals surface area contributed by atoms with Crippen LogP contribution in [0.1, 0.15) is 35.3 Å². The number of aromatic amines is 1. The molecule has 5 rings (SSSR count). The Kier molecular flexibility index (Phi) is 5.60. The minimum Gasteiger partial charge on any atom is -0.305 e. The van der Waals surface area contributed by atoms with Gasteiger partial charge in [0.05, 0.1) is 11.7 Å². The standard InChI is InChI=1S/C24H23FN6O/c25-19-5-7-22(27-14-19)28-24(32)23-20-11-17(4-6-21(20)29-30-23)18-10-16(12-26-13-18)15-31-8-2-1-3-9-31/h4-7,10-14H,1-3,8-9,15H2,(H,29,30)(H,27,28,32). The third kappa shape index (κ3) is 4.36. The molecule has 4 aromatic rings. The molecule has 32 heavy (non-hydrogen) atoms. The number of pyridine rings is 2. The number of carbonyl (C=O) groups is 1. The molecule has 2 N–H and O–H groups in total. The van der Waals surface area contributed by atoms with E-state index in [-0.39, 0.29) is 11.5 Å². The second-order valence-corrected chi connectivity index (χ2v) is 8.07. The average molecular weight is 430 g/mol. The molecule has 1 saturated heterocycles. The number of nitrogens with zero attached hydrogens (tertiary/aromatic N) is 4. The van der Waals surface area contributed by atoms with Gasteiger partial charge in [-0.1, -0.05) is 12.5 Å². The van der Waals surface area contributed by atoms with Crippen LogP contribution in [0.25, 0.3) is 22.0 Å². The molecule has 0 unspecified atom stereocenters. The molecule has 0 saturated carbocycles. The number of nitrogens with one attached hydrogen (secondary N) is 2. The van der Waals surface area contributed by atoms with Crippen LogP contribution in [0.5, 0.6) is 0 Å². The number of piperidine rings is 1. The van der Waals surface area contributed by atoms with Crippen LogP contribution in [0, 0.1) is 5.82 Å². The van der Waals surface area contributed by atoms with Crippen LogP contribution in [0.4, 0.5) is 10.2 Å². The maximum Gasteiger partial charge on any atom is 0.277 e. The lowest BCUT2D eigenvalue weighted by Gasteiger charge is -2.26. The molecule has 0 atom stereocenters. The Bertz CT molecular complexity index is 1250. The van der Waals surface area contributed by atoms with E-state index in [1.165, 1.54) is 37.0 Å². The number of rotatable bonds is 5. The third-order valence-electron chi connectivity index (χ3n) is 5.73. The second-order valence-electron chi connectivity index (χ2n) is 8.07. The molecule has 1 aliphatic heterocycles. The number of fused-ring (bicyclic) bond motifs is 1. The second kappa shape index (κ2) is 8.84. The monoisotopic (exact) mass is 430 g/mol. The summed E-state index contributed by atoms with van der Waals surface area (Å²) in [6.07, 6.45) is 8.63. The summed E-state index contributed by atoms with van der Waals surface area (Å²) in [4.78, 5) is 23.5. The lowest BCUT2D eigenvalue weighted by molar-refractivity contribution is 0.102. The van der Waals surface area contributed by atoms with Crippen LogP contribution in [-0.2, 0) is 6.54 Å². The Morgan fingerprint density at radius 2 is 1.91 bits per heavy atom.